The number of nitrogens with one attached hydrogen (secondary N) is 1. The van der Waals surface area contributed by atoms with Gasteiger partial charge in [0.05, 0.1) is 12.0 Å². The maximum atomic E-state index is 12.1. The number of furan rings is 1. The molecule has 1 N–H and O–H groups in total. The Hall–Kier alpha value is -3.25. The first-order valence-corrected chi connectivity index (χ1v) is 8.02. The van der Waals surface area contributed by atoms with E-state index in [1.807, 2.05) is 18.2 Å². The molecule has 0 saturated heterocycles. The Labute approximate surface area is 154 Å². The standard InChI is InChI=1S/C19H14ClNO5/c20-13-8-9-16(26-14-5-2-1-3-6-14)15(11-13)21-18(22)12-25-19(23)17-7-4-10-24-17/h1-11H,12H2,(H,21,22). The van der Waals surface area contributed by atoms with Crippen LogP contribution in [0.4, 0.5) is 5.69 Å². The number of rotatable bonds is 6. The van der Waals surface area contributed by atoms with E-state index in [2.05, 4.69) is 5.32 Å². The molecule has 0 aliphatic rings. The van der Waals surface area contributed by atoms with Crippen LogP contribution in [-0.4, -0.2) is 18.5 Å². The van der Waals surface area contributed by atoms with Crippen LogP contribution in [0.2, 0.25) is 5.02 Å². The largest absolute Gasteiger partial charge is 0.457 e. The smallest absolute Gasteiger partial charge is 0.374 e. The van der Waals surface area contributed by atoms with Crippen LogP contribution >= 0.6 is 11.6 Å². The van der Waals surface area contributed by atoms with Gasteiger partial charge in [0.2, 0.25) is 5.76 Å². The van der Waals surface area contributed by atoms with Crippen LogP contribution in [0.3, 0.4) is 0 Å². The van der Waals surface area contributed by atoms with Crippen molar-refractivity contribution in [2.75, 3.05) is 11.9 Å². The minimum Gasteiger partial charge on any atom is -0.457 e. The van der Waals surface area contributed by atoms with Gasteiger partial charge in [0, 0.05) is 5.02 Å². The fourth-order valence-corrected chi connectivity index (χ4v) is 2.26. The van der Waals surface area contributed by atoms with Crippen LogP contribution in [0, 0.1) is 0 Å². The molecule has 1 amide bonds. The lowest BCUT2D eigenvalue weighted by Crippen LogP contribution is -2.21. The number of esters is 1. The van der Waals surface area contributed by atoms with Crippen LogP contribution in [-0.2, 0) is 9.53 Å². The molecule has 0 aliphatic heterocycles. The van der Waals surface area contributed by atoms with Crippen molar-refractivity contribution in [1.29, 1.82) is 0 Å². The second-order valence-corrected chi connectivity index (χ2v) is 5.59. The predicted octanol–water partition coefficient (Wildman–Crippen LogP) is 4.52. The monoisotopic (exact) mass is 371 g/mol. The van der Waals surface area contributed by atoms with Crippen molar-refractivity contribution in [3.05, 3.63) is 77.7 Å². The molecular weight excluding hydrogens is 358 g/mol. The van der Waals surface area contributed by atoms with Crippen LogP contribution < -0.4 is 10.1 Å². The Kier molecular flexibility index (Phi) is 5.56. The second kappa shape index (κ2) is 8.22. The van der Waals surface area contributed by atoms with E-state index in [4.69, 9.17) is 25.5 Å². The molecular formula is C19H14ClNO5. The molecule has 0 bridgehead atoms. The lowest BCUT2D eigenvalue weighted by atomic mass is 10.2. The molecule has 0 radical (unpaired) electrons. The van der Waals surface area contributed by atoms with Gasteiger partial charge in [-0.2, -0.15) is 0 Å². The van der Waals surface area contributed by atoms with Crippen molar-refractivity contribution in [2.45, 2.75) is 0 Å². The molecule has 0 fully saturated rings. The molecule has 0 saturated carbocycles. The number of ether oxygens (including phenoxy) is 2. The first-order valence-electron chi connectivity index (χ1n) is 7.65. The van der Waals surface area contributed by atoms with Crippen molar-refractivity contribution in [3.63, 3.8) is 0 Å². The zero-order valence-corrected chi connectivity index (χ0v) is 14.2. The van der Waals surface area contributed by atoms with E-state index >= 15 is 0 Å². The third-order valence-corrected chi connectivity index (χ3v) is 3.48. The summed E-state index contributed by atoms with van der Waals surface area (Å²) in [6.45, 7) is -0.475. The molecule has 26 heavy (non-hydrogen) atoms. The van der Waals surface area contributed by atoms with Gasteiger partial charge in [-0.25, -0.2) is 4.79 Å². The van der Waals surface area contributed by atoms with Crippen molar-refractivity contribution in [3.8, 4) is 11.5 Å². The lowest BCUT2D eigenvalue weighted by Gasteiger charge is -2.13. The van der Waals surface area contributed by atoms with Crippen molar-refractivity contribution >= 4 is 29.2 Å². The molecule has 7 heteroatoms. The number of hydrogen-bond donors (Lipinski definition) is 1. The number of halogens is 1. The number of hydrogen-bond acceptors (Lipinski definition) is 5. The first-order chi connectivity index (χ1) is 12.6. The van der Waals surface area contributed by atoms with E-state index in [9.17, 15) is 9.59 Å². The van der Waals surface area contributed by atoms with Gasteiger partial charge in [-0.1, -0.05) is 29.8 Å². The maximum Gasteiger partial charge on any atom is 0.374 e. The third-order valence-electron chi connectivity index (χ3n) is 3.24. The Balaban J connectivity index is 1.65. The van der Waals surface area contributed by atoms with Gasteiger partial charge in [0.1, 0.15) is 5.75 Å². The maximum absolute atomic E-state index is 12.1. The van der Waals surface area contributed by atoms with Crippen molar-refractivity contribution in [2.24, 2.45) is 0 Å². The summed E-state index contributed by atoms with van der Waals surface area (Å²) in [7, 11) is 0. The predicted molar refractivity (Wildman–Crippen MR) is 95.6 cm³/mol. The molecule has 6 nitrogen and oxygen atoms in total. The van der Waals surface area contributed by atoms with Crippen molar-refractivity contribution in [1.82, 2.24) is 0 Å². The molecule has 132 valence electrons. The summed E-state index contributed by atoms with van der Waals surface area (Å²) in [6, 6.07) is 16.9. The number of carbonyl (C=O) groups excluding carboxylic acids is 2. The van der Waals surface area contributed by atoms with Crippen LogP contribution in [0.15, 0.2) is 71.3 Å². The zero-order chi connectivity index (χ0) is 18.4. The zero-order valence-electron chi connectivity index (χ0n) is 13.5. The number of benzene rings is 2. The summed E-state index contributed by atoms with van der Waals surface area (Å²) < 4.78 is 15.5. The number of carbonyl (C=O) groups is 2. The van der Waals surface area contributed by atoms with Crippen LogP contribution in [0.25, 0.3) is 0 Å². The number of para-hydroxylation sites is 1. The third kappa shape index (κ3) is 4.64. The Morgan fingerprint density at radius 3 is 2.58 bits per heavy atom. The molecule has 0 aliphatic carbocycles. The van der Waals surface area contributed by atoms with Gasteiger partial charge < -0.3 is 19.2 Å². The summed E-state index contributed by atoms with van der Waals surface area (Å²) in [6.07, 6.45) is 1.34. The van der Waals surface area contributed by atoms with E-state index in [0.29, 0.717) is 22.2 Å². The van der Waals surface area contributed by atoms with Gasteiger partial charge in [0.25, 0.3) is 5.91 Å². The van der Waals surface area contributed by atoms with Crippen molar-refractivity contribution < 1.29 is 23.5 Å². The summed E-state index contributed by atoms with van der Waals surface area (Å²) >= 11 is 5.99. The summed E-state index contributed by atoms with van der Waals surface area (Å²) in [4.78, 5) is 23.8. The fourth-order valence-electron chi connectivity index (χ4n) is 2.09. The quantitative estimate of drug-likeness (QED) is 0.644. The first kappa shape index (κ1) is 17.6. The van der Waals surface area contributed by atoms with E-state index in [1.54, 1.807) is 36.4 Å². The Morgan fingerprint density at radius 1 is 1.04 bits per heavy atom. The molecule has 1 aromatic heterocycles. The minimum absolute atomic E-state index is 0.0219. The summed E-state index contributed by atoms with van der Waals surface area (Å²) in [5, 5.41) is 3.04. The van der Waals surface area contributed by atoms with E-state index in [1.165, 1.54) is 12.3 Å². The van der Waals surface area contributed by atoms with Crippen LogP contribution in [0.1, 0.15) is 10.6 Å². The Morgan fingerprint density at radius 2 is 1.85 bits per heavy atom. The highest BCUT2D eigenvalue weighted by Crippen LogP contribution is 2.31. The highest BCUT2D eigenvalue weighted by Gasteiger charge is 2.14. The highest BCUT2D eigenvalue weighted by atomic mass is 35.5. The highest BCUT2D eigenvalue weighted by molar-refractivity contribution is 6.31. The normalized spacial score (nSPS) is 10.2. The van der Waals surface area contributed by atoms with Gasteiger partial charge >= 0.3 is 5.97 Å². The summed E-state index contributed by atoms with van der Waals surface area (Å²) in [5.74, 6) is -0.225. The van der Waals surface area contributed by atoms with Gasteiger partial charge in [-0.3, -0.25) is 4.79 Å². The van der Waals surface area contributed by atoms with Gasteiger partial charge in [0.15, 0.2) is 12.4 Å². The molecule has 2 aromatic carbocycles. The lowest BCUT2D eigenvalue weighted by molar-refractivity contribution is -0.119. The molecule has 3 rings (SSSR count). The molecule has 0 atom stereocenters. The molecule has 1 heterocycles. The summed E-state index contributed by atoms with van der Waals surface area (Å²) in [5.41, 5.74) is 0.361. The van der Waals surface area contributed by atoms with Crippen LogP contribution in [0.5, 0.6) is 11.5 Å². The average molecular weight is 372 g/mol. The molecule has 3 aromatic rings. The second-order valence-electron chi connectivity index (χ2n) is 5.16. The topological polar surface area (TPSA) is 77.8 Å². The fraction of sp³-hybridized carbons (Fsp3) is 0.0526. The number of amides is 1. The van der Waals surface area contributed by atoms with E-state index in [-0.39, 0.29) is 5.76 Å². The number of anilines is 1. The van der Waals surface area contributed by atoms with Gasteiger partial charge in [-0.05, 0) is 42.5 Å². The van der Waals surface area contributed by atoms with Gasteiger partial charge in [-0.15, -0.1) is 0 Å². The Bertz CT molecular complexity index is 894. The molecule has 0 spiro atoms. The van der Waals surface area contributed by atoms with E-state index < -0.39 is 18.5 Å². The SMILES string of the molecule is O=C(COC(=O)c1ccco1)Nc1cc(Cl)ccc1Oc1ccccc1. The average Bonchev–Trinajstić information content (AvgIpc) is 3.18. The van der Waals surface area contributed by atoms with E-state index in [0.717, 1.165) is 0 Å². The minimum atomic E-state index is -0.725. The molecule has 0 unspecified atom stereocenters.